The molecule has 0 amide bonds. The van der Waals surface area contributed by atoms with Crippen molar-refractivity contribution in [2.24, 2.45) is 0 Å². The Kier molecular flexibility index (Phi) is 4.38. The van der Waals surface area contributed by atoms with Gasteiger partial charge < -0.3 is 5.32 Å². The summed E-state index contributed by atoms with van der Waals surface area (Å²) in [6.07, 6.45) is 0.910. The van der Waals surface area contributed by atoms with Crippen molar-refractivity contribution in [2.45, 2.75) is 19.4 Å². The molecule has 0 saturated carbocycles. The molecule has 21 heavy (non-hydrogen) atoms. The van der Waals surface area contributed by atoms with Crippen molar-refractivity contribution in [3.63, 3.8) is 0 Å². The number of benzene rings is 2. The topological polar surface area (TPSA) is 24.9 Å². The minimum Gasteiger partial charge on any atom is -0.313 e. The summed E-state index contributed by atoms with van der Waals surface area (Å²) in [5.74, 6) is 0. The summed E-state index contributed by atoms with van der Waals surface area (Å²) in [4.78, 5) is 4.74. The van der Waals surface area contributed by atoms with Gasteiger partial charge in [0.25, 0.3) is 0 Å². The number of aryl methyl sites for hydroxylation is 1. The van der Waals surface area contributed by atoms with E-state index in [4.69, 9.17) is 4.98 Å². The number of hydrogen-bond donors (Lipinski definition) is 1. The van der Waals surface area contributed by atoms with Gasteiger partial charge in [-0.2, -0.15) is 0 Å². The number of nitrogens with zero attached hydrogens (tertiary/aromatic N) is 1. The number of para-hydroxylation sites is 1. The molecule has 0 aliphatic heterocycles. The van der Waals surface area contributed by atoms with Crippen molar-refractivity contribution in [3.05, 3.63) is 63.1 Å². The van der Waals surface area contributed by atoms with E-state index in [1.54, 1.807) is 11.3 Å². The first-order valence-electron chi connectivity index (χ1n) is 6.95. The molecule has 0 radical (unpaired) electrons. The molecule has 0 fully saturated rings. The van der Waals surface area contributed by atoms with Crippen LogP contribution in [0.4, 0.5) is 0 Å². The molecule has 4 heteroatoms. The second kappa shape index (κ2) is 6.26. The molecule has 1 heterocycles. The summed E-state index contributed by atoms with van der Waals surface area (Å²) in [6.45, 7) is 2.16. The summed E-state index contributed by atoms with van der Waals surface area (Å²) in [5.41, 5.74) is 3.73. The first kappa shape index (κ1) is 14.7. The van der Waals surface area contributed by atoms with Crippen molar-refractivity contribution >= 4 is 37.5 Å². The predicted octanol–water partition coefficient (Wildman–Crippen LogP) is 4.87. The van der Waals surface area contributed by atoms with Crippen LogP contribution in [0, 0.1) is 6.92 Å². The van der Waals surface area contributed by atoms with Gasteiger partial charge in [0.15, 0.2) is 0 Å². The van der Waals surface area contributed by atoms with E-state index in [1.807, 2.05) is 13.1 Å². The molecule has 1 aromatic heterocycles. The van der Waals surface area contributed by atoms with Gasteiger partial charge in [-0.05, 0) is 49.4 Å². The number of aromatic nitrogens is 1. The summed E-state index contributed by atoms with van der Waals surface area (Å²) in [5, 5.41) is 4.60. The minimum atomic E-state index is 0.281. The highest BCUT2D eigenvalue weighted by Crippen LogP contribution is 2.28. The third kappa shape index (κ3) is 3.18. The molecule has 0 aliphatic carbocycles. The molecule has 108 valence electrons. The largest absolute Gasteiger partial charge is 0.313 e. The highest BCUT2D eigenvalue weighted by molar-refractivity contribution is 9.10. The second-order valence-electron chi connectivity index (χ2n) is 5.12. The molecule has 3 rings (SSSR count). The summed E-state index contributed by atoms with van der Waals surface area (Å²) < 4.78 is 2.38. The maximum atomic E-state index is 4.74. The number of thiazole rings is 1. The van der Waals surface area contributed by atoms with Crippen molar-refractivity contribution in [3.8, 4) is 0 Å². The molecule has 0 saturated heterocycles. The van der Waals surface area contributed by atoms with Crippen LogP contribution in [0.15, 0.2) is 46.9 Å². The van der Waals surface area contributed by atoms with E-state index in [9.17, 15) is 0 Å². The van der Waals surface area contributed by atoms with Crippen LogP contribution in [0.2, 0.25) is 0 Å². The van der Waals surface area contributed by atoms with E-state index in [2.05, 4.69) is 64.6 Å². The minimum absolute atomic E-state index is 0.281. The van der Waals surface area contributed by atoms with Crippen molar-refractivity contribution in [2.75, 3.05) is 7.05 Å². The quantitative estimate of drug-likeness (QED) is 0.717. The van der Waals surface area contributed by atoms with Gasteiger partial charge in [-0.3, -0.25) is 0 Å². The monoisotopic (exact) mass is 360 g/mol. The normalized spacial score (nSPS) is 12.7. The van der Waals surface area contributed by atoms with Gasteiger partial charge in [0.1, 0.15) is 0 Å². The Hall–Kier alpha value is -1.23. The number of likely N-dealkylation sites (N-methyl/N-ethyl adjacent to an activating group) is 1. The van der Waals surface area contributed by atoms with Gasteiger partial charge >= 0.3 is 0 Å². The fourth-order valence-corrected chi connectivity index (χ4v) is 3.93. The Balaban J connectivity index is 1.91. The van der Waals surface area contributed by atoms with Crippen LogP contribution in [0.3, 0.4) is 0 Å². The van der Waals surface area contributed by atoms with Crippen LogP contribution in [-0.2, 0) is 6.42 Å². The fourth-order valence-electron chi connectivity index (χ4n) is 2.54. The third-order valence-electron chi connectivity index (χ3n) is 3.68. The van der Waals surface area contributed by atoms with Crippen LogP contribution in [0.25, 0.3) is 10.2 Å². The van der Waals surface area contributed by atoms with Crippen LogP contribution in [0.5, 0.6) is 0 Å². The van der Waals surface area contributed by atoms with Crippen LogP contribution in [-0.4, -0.2) is 12.0 Å². The molecule has 1 atom stereocenters. The van der Waals surface area contributed by atoms with Crippen molar-refractivity contribution in [1.82, 2.24) is 10.3 Å². The average molecular weight is 361 g/mol. The number of halogens is 1. The van der Waals surface area contributed by atoms with E-state index >= 15 is 0 Å². The molecule has 2 aromatic carbocycles. The van der Waals surface area contributed by atoms with Gasteiger partial charge in [-0.15, -0.1) is 11.3 Å². The Labute approximate surface area is 137 Å². The zero-order valence-corrected chi connectivity index (χ0v) is 14.5. The number of rotatable bonds is 4. The lowest BCUT2D eigenvalue weighted by molar-refractivity contribution is 0.587. The molecule has 3 aromatic rings. The molecule has 0 bridgehead atoms. The summed E-state index contributed by atoms with van der Waals surface area (Å²) in [6, 6.07) is 15.0. The lowest BCUT2D eigenvalue weighted by Crippen LogP contribution is -2.19. The van der Waals surface area contributed by atoms with Gasteiger partial charge in [0, 0.05) is 16.9 Å². The molecule has 2 nitrogen and oxygen atoms in total. The first-order chi connectivity index (χ1) is 10.2. The number of fused-ring (bicyclic) bond motifs is 1. The second-order valence-corrected chi connectivity index (χ2v) is 7.15. The Bertz CT molecular complexity index is 733. The van der Waals surface area contributed by atoms with Gasteiger partial charge in [0.2, 0.25) is 0 Å². The third-order valence-corrected chi connectivity index (χ3v) is 5.23. The molecule has 0 aliphatic rings. The van der Waals surface area contributed by atoms with Crippen LogP contribution < -0.4 is 5.32 Å². The zero-order valence-electron chi connectivity index (χ0n) is 12.1. The Morgan fingerprint density at radius 3 is 2.81 bits per heavy atom. The highest BCUT2D eigenvalue weighted by Gasteiger charge is 2.15. The van der Waals surface area contributed by atoms with Gasteiger partial charge in [-0.25, -0.2) is 4.98 Å². The van der Waals surface area contributed by atoms with Crippen LogP contribution >= 0.6 is 27.3 Å². The summed E-state index contributed by atoms with van der Waals surface area (Å²) >= 11 is 5.35. The molecular formula is C17H17BrN2S. The van der Waals surface area contributed by atoms with E-state index < -0.39 is 0 Å². The highest BCUT2D eigenvalue weighted by atomic mass is 79.9. The molecule has 0 spiro atoms. The number of hydrogen-bond acceptors (Lipinski definition) is 3. The smallest absolute Gasteiger partial charge is 0.0957 e. The maximum absolute atomic E-state index is 4.74. The van der Waals surface area contributed by atoms with E-state index in [-0.39, 0.29) is 6.04 Å². The molecular weight excluding hydrogens is 344 g/mol. The Morgan fingerprint density at radius 1 is 1.24 bits per heavy atom. The van der Waals surface area contributed by atoms with Gasteiger partial charge in [0.05, 0.1) is 15.2 Å². The van der Waals surface area contributed by atoms with Crippen molar-refractivity contribution in [1.29, 1.82) is 0 Å². The predicted molar refractivity (Wildman–Crippen MR) is 94.0 cm³/mol. The fraction of sp³-hybridized carbons (Fsp3) is 0.235. The van der Waals surface area contributed by atoms with E-state index in [1.165, 1.54) is 20.8 Å². The van der Waals surface area contributed by atoms with Crippen molar-refractivity contribution < 1.29 is 0 Å². The molecule has 1 unspecified atom stereocenters. The SMILES string of the molecule is CNC(Cc1nc2ccccc2s1)c1cc(Br)ccc1C. The van der Waals surface area contributed by atoms with Gasteiger partial charge in [-0.1, -0.05) is 34.1 Å². The van der Waals surface area contributed by atoms with E-state index in [0.29, 0.717) is 0 Å². The zero-order chi connectivity index (χ0) is 14.8. The lowest BCUT2D eigenvalue weighted by Gasteiger charge is -2.18. The molecule has 1 N–H and O–H groups in total. The number of nitrogens with one attached hydrogen (secondary N) is 1. The standard InChI is InChI=1S/C17H17BrN2S/c1-11-7-8-12(18)9-13(11)15(19-2)10-17-20-14-5-3-4-6-16(14)21-17/h3-9,15,19H,10H2,1-2H3. The lowest BCUT2D eigenvalue weighted by atomic mass is 9.99. The van der Waals surface area contributed by atoms with E-state index in [0.717, 1.165) is 16.4 Å². The first-order valence-corrected chi connectivity index (χ1v) is 8.56. The average Bonchev–Trinajstić information content (AvgIpc) is 2.90. The Morgan fingerprint density at radius 2 is 2.05 bits per heavy atom. The summed E-state index contributed by atoms with van der Waals surface area (Å²) in [7, 11) is 2.01. The van der Waals surface area contributed by atoms with Crippen LogP contribution in [0.1, 0.15) is 22.2 Å². The maximum Gasteiger partial charge on any atom is 0.0957 e.